The molecular formula is C15H19N3OS. The summed E-state index contributed by atoms with van der Waals surface area (Å²) in [5.41, 5.74) is 0.808. The maximum Gasteiger partial charge on any atom is 0.262 e. The zero-order valence-electron chi connectivity index (χ0n) is 11.8. The third-order valence-electron chi connectivity index (χ3n) is 4.15. The smallest absolute Gasteiger partial charge is 0.262 e. The molecule has 5 heteroatoms. The number of hydrogen-bond acceptors (Lipinski definition) is 3. The Labute approximate surface area is 123 Å². The van der Waals surface area contributed by atoms with E-state index >= 15 is 0 Å². The molecule has 20 heavy (non-hydrogen) atoms. The normalized spacial score (nSPS) is 16.8. The first kappa shape index (κ1) is 13.5. The molecule has 106 valence electrons. The van der Waals surface area contributed by atoms with Crippen molar-refractivity contribution in [3.63, 3.8) is 0 Å². The highest BCUT2D eigenvalue weighted by molar-refractivity contribution is 7.71. The number of rotatable bonds is 4. The lowest BCUT2D eigenvalue weighted by Gasteiger charge is -2.25. The van der Waals surface area contributed by atoms with Crippen molar-refractivity contribution in [3.8, 4) is 0 Å². The molecule has 1 aliphatic carbocycles. The first-order valence-corrected chi connectivity index (χ1v) is 7.42. The minimum absolute atomic E-state index is 0.000368. The van der Waals surface area contributed by atoms with Gasteiger partial charge in [-0.1, -0.05) is 12.1 Å². The second-order valence-corrected chi connectivity index (χ2v) is 6.02. The molecule has 0 aliphatic heterocycles. The lowest BCUT2D eigenvalue weighted by Crippen LogP contribution is -2.37. The van der Waals surface area contributed by atoms with E-state index in [1.165, 1.54) is 12.8 Å². The average molecular weight is 289 g/mol. The topological polar surface area (TPSA) is 41.0 Å². The Morgan fingerprint density at radius 1 is 1.45 bits per heavy atom. The Morgan fingerprint density at radius 2 is 2.15 bits per heavy atom. The Kier molecular flexibility index (Phi) is 3.48. The van der Waals surface area contributed by atoms with E-state index in [9.17, 15) is 4.79 Å². The number of benzene rings is 1. The van der Waals surface area contributed by atoms with Gasteiger partial charge in [0.2, 0.25) is 0 Å². The van der Waals surface area contributed by atoms with Crippen LogP contribution in [-0.2, 0) is 6.54 Å². The summed E-state index contributed by atoms with van der Waals surface area (Å²) in [6.07, 6.45) is 2.53. The van der Waals surface area contributed by atoms with Gasteiger partial charge in [-0.2, -0.15) is 0 Å². The molecule has 3 rings (SSSR count). The fourth-order valence-corrected chi connectivity index (χ4v) is 2.87. The van der Waals surface area contributed by atoms with Gasteiger partial charge in [-0.15, -0.1) is 0 Å². The predicted octanol–water partition coefficient (Wildman–Crippen LogP) is 2.54. The molecular weight excluding hydrogens is 270 g/mol. The van der Waals surface area contributed by atoms with E-state index in [1.54, 1.807) is 4.57 Å². The molecule has 4 nitrogen and oxygen atoms in total. The van der Waals surface area contributed by atoms with E-state index in [0.717, 1.165) is 5.52 Å². The largest absolute Gasteiger partial charge is 0.332 e. The molecule has 1 aromatic heterocycles. The molecule has 1 N–H and O–H groups in total. The van der Waals surface area contributed by atoms with E-state index in [0.29, 0.717) is 28.8 Å². The molecule has 1 heterocycles. The first-order valence-electron chi connectivity index (χ1n) is 7.01. The van der Waals surface area contributed by atoms with Crippen LogP contribution >= 0.6 is 12.2 Å². The van der Waals surface area contributed by atoms with Crippen LogP contribution in [0.4, 0.5) is 0 Å². The first-order chi connectivity index (χ1) is 9.58. The lowest BCUT2D eigenvalue weighted by molar-refractivity contribution is 0.223. The third-order valence-corrected chi connectivity index (χ3v) is 4.48. The maximum absolute atomic E-state index is 12.6. The number of aromatic nitrogens is 2. The van der Waals surface area contributed by atoms with Gasteiger partial charge in [0.25, 0.3) is 5.56 Å². The molecule has 0 amide bonds. The molecule has 1 unspecified atom stereocenters. The number of nitrogens with one attached hydrogen (secondary N) is 1. The van der Waals surface area contributed by atoms with E-state index in [2.05, 4.69) is 23.9 Å². The second kappa shape index (κ2) is 5.14. The molecule has 2 aromatic rings. The number of para-hydroxylation sites is 1. The predicted molar refractivity (Wildman–Crippen MR) is 83.6 cm³/mol. The highest BCUT2D eigenvalue weighted by atomic mass is 32.1. The summed E-state index contributed by atoms with van der Waals surface area (Å²) in [4.78, 5) is 18.0. The van der Waals surface area contributed by atoms with Crippen molar-refractivity contribution in [2.24, 2.45) is 0 Å². The minimum atomic E-state index is 0.000368. The van der Waals surface area contributed by atoms with Crippen LogP contribution in [0.2, 0.25) is 0 Å². The van der Waals surface area contributed by atoms with Gasteiger partial charge in [0.1, 0.15) is 0 Å². The number of hydrogen-bond donors (Lipinski definition) is 1. The van der Waals surface area contributed by atoms with E-state index < -0.39 is 0 Å². The standard InChI is InChI=1S/C15H19N3OS/c1-10(17(2)11-7-8-11)9-18-14(19)12-5-3-4-6-13(12)16-15(18)20/h3-6,10-11H,7-9H2,1-2H3,(H,16,20). The van der Waals surface area contributed by atoms with Gasteiger partial charge in [-0.25, -0.2) is 0 Å². The van der Waals surface area contributed by atoms with E-state index in [-0.39, 0.29) is 5.56 Å². The van der Waals surface area contributed by atoms with Gasteiger partial charge in [0, 0.05) is 18.6 Å². The molecule has 0 bridgehead atoms. The molecule has 1 aromatic carbocycles. The van der Waals surface area contributed by atoms with Gasteiger partial charge in [0.05, 0.1) is 10.9 Å². The summed E-state index contributed by atoms with van der Waals surface area (Å²) < 4.78 is 2.19. The van der Waals surface area contributed by atoms with Crippen LogP contribution in [0.25, 0.3) is 10.9 Å². The highest BCUT2D eigenvalue weighted by Crippen LogP contribution is 2.27. The van der Waals surface area contributed by atoms with Gasteiger partial charge >= 0.3 is 0 Å². The van der Waals surface area contributed by atoms with Crippen LogP contribution in [0, 0.1) is 4.77 Å². The summed E-state index contributed by atoms with van der Waals surface area (Å²) in [7, 11) is 2.13. The molecule has 1 atom stereocenters. The Balaban J connectivity index is 1.98. The van der Waals surface area contributed by atoms with Crippen molar-refractivity contribution in [1.82, 2.24) is 14.5 Å². The number of fused-ring (bicyclic) bond motifs is 1. The minimum Gasteiger partial charge on any atom is -0.332 e. The van der Waals surface area contributed by atoms with Crippen molar-refractivity contribution in [1.29, 1.82) is 0 Å². The fourth-order valence-electron chi connectivity index (χ4n) is 2.60. The molecule has 1 aliphatic rings. The van der Waals surface area contributed by atoms with Crippen molar-refractivity contribution >= 4 is 23.1 Å². The van der Waals surface area contributed by atoms with Crippen LogP contribution in [0.5, 0.6) is 0 Å². The van der Waals surface area contributed by atoms with Crippen molar-refractivity contribution in [2.75, 3.05) is 7.05 Å². The fraction of sp³-hybridized carbons (Fsp3) is 0.467. The SMILES string of the molecule is CC(Cn1c(=S)[nH]c2ccccc2c1=O)N(C)C1CC1. The maximum atomic E-state index is 12.6. The van der Waals surface area contributed by atoms with Gasteiger partial charge in [-0.3, -0.25) is 14.3 Å². The van der Waals surface area contributed by atoms with Crippen LogP contribution < -0.4 is 5.56 Å². The molecule has 0 radical (unpaired) electrons. The van der Waals surface area contributed by atoms with Crippen LogP contribution in [0.1, 0.15) is 19.8 Å². The average Bonchev–Trinajstić information content (AvgIpc) is 3.27. The Bertz CT molecular complexity index is 745. The van der Waals surface area contributed by atoms with Crippen LogP contribution in [0.3, 0.4) is 0 Å². The highest BCUT2D eigenvalue weighted by Gasteiger charge is 2.29. The monoisotopic (exact) mass is 289 g/mol. The molecule has 1 fully saturated rings. The third kappa shape index (κ3) is 2.43. The summed E-state index contributed by atoms with van der Waals surface area (Å²) in [6.45, 7) is 2.78. The second-order valence-electron chi connectivity index (χ2n) is 5.64. The van der Waals surface area contributed by atoms with Crippen molar-refractivity contribution in [2.45, 2.75) is 38.4 Å². The summed E-state index contributed by atoms with van der Waals surface area (Å²) in [5.74, 6) is 0. The number of H-pyrrole nitrogens is 1. The summed E-state index contributed by atoms with van der Waals surface area (Å²) in [6, 6.07) is 8.49. The quantitative estimate of drug-likeness (QED) is 0.879. The Morgan fingerprint density at radius 3 is 2.85 bits per heavy atom. The van der Waals surface area contributed by atoms with Gasteiger partial charge in [0.15, 0.2) is 4.77 Å². The number of aromatic amines is 1. The van der Waals surface area contributed by atoms with Gasteiger partial charge < -0.3 is 4.98 Å². The van der Waals surface area contributed by atoms with Crippen LogP contribution in [0.15, 0.2) is 29.1 Å². The number of nitrogens with zero attached hydrogens (tertiary/aromatic N) is 2. The summed E-state index contributed by atoms with van der Waals surface area (Å²) in [5, 5.41) is 0.697. The van der Waals surface area contributed by atoms with Gasteiger partial charge in [-0.05, 0) is 51.2 Å². The molecule has 1 saturated carbocycles. The van der Waals surface area contributed by atoms with Crippen molar-refractivity contribution in [3.05, 3.63) is 39.4 Å². The van der Waals surface area contributed by atoms with Crippen molar-refractivity contribution < 1.29 is 0 Å². The molecule has 0 spiro atoms. The zero-order chi connectivity index (χ0) is 14.3. The summed E-state index contributed by atoms with van der Waals surface area (Å²) >= 11 is 5.34. The zero-order valence-corrected chi connectivity index (χ0v) is 12.6. The van der Waals surface area contributed by atoms with E-state index in [1.807, 2.05) is 24.3 Å². The van der Waals surface area contributed by atoms with Crippen LogP contribution in [-0.4, -0.2) is 33.6 Å². The Hall–Kier alpha value is -1.46. The van der Waals surface area contributed by atoms with E-state index in [4.69, 9.17) is 12.2 Å². The lowest BCUT2D eigenvalue weighted by atomic mass is 10.2. The number of likely N-dealkylation sites (N-methyl/N-ethyl adjacent to an activating group) is 1. The molecule has 0 saturated heterocycles.